The minimum absolute atomic E-state index is 0.0466. The first-order chi connectivity index (χ1) is 13.8. The molecule has 0 spiro atoms. The van der Waals surface area contributed by atoms with Gasteiger partial charge in [0.05, 0.1) is 12.2 Å². The van der Waals surface area contributed by atoms with E-state index in [2.05, 4.69) is 5.10 Å². The van der Waals surface area contributed by atoms with E-state index in [1.165, 1.54) is 6.08 Å². The number of hydrogen-bond donors (Lipinski definition) is 0. The van der Waals surface area contributed by atoms with Gasteiger partial charge in [0.15, 0.2) is 0 Å². The van der Waals surface area contributed by atoms with Crippen molar-refractivity contribution in [3.8, 4) is 0 Å². The fourth-order valence-corrected chi connectivity index (χ4v) is 3.76. The Labute approximate surface area is 180 Å². The van der Waals surface area contributed by atoms with Gasteiger partial charge in [-0.1, -0.05) is 35.3 Å². The molecular formula is C21H24Cl2N4O2. The highest BCUT2D eigenvalue weighted by Gasteiger charge is 2.19. The Morgan fingerprint density at radius 1 is 1.07 bits per heavy atom. The van der Waals surface area contributed by atoms with E-state index < -0.39 is 0 Å². The largest absolute Gasteiger partial charge is 0.341 e. The molecule has 1 aromatic heterocycles. The van der Waals surface area contributed by atoms with Crippen molar-refractivity contribution in [1.29, 1.82) is 0 Å². The molecule has 8 heteroatoms. The number of rotatable bonds is 4. The summed E-state index contributed by atoms with van der Waals surface area (Å²) in [6.45, 7) is 6.36. The monoisotopic (exact) mass is 434 g/mol. The molecule has 2 amide bonds. The summed E-state index contributed by atoms with van der Waals surface area (Å²) in [5.41, 5.74) is 2.52. The molecule has 0 radical (unpaired) electrons. The second-order valence-electron chi connectivity index (χ2n) is 7.09. The Balaban J connectivity index is 1.68. The number of nitrogens with zero attached hydrogens (tertiary/aromatic N) is 4. The Morgan fingerprint density at radius 3 is 2.41 bits per heavy atom. The number of carbonyl (C=O) groups excluding carboxylic acids is 2. The van der Waals surface area contributed by atoms with E-state index in [1.807, 2.05) is 31.2 Å². The van der Waals surface area contributed by atoms with E-state index in [4.69, 9.17) is 23.2 Å². The standard InChI is InChI=1S/C21H24Cl2N4O2/c1-15-19(21(23)27(24-15)14-17-4-6-18(22)7-5-17)8-9-20(29)26-11-3-10-25(12-13-26)16(2)28/h4-9H,3,10-14H2,1-2H3/b9-8+. The third-order valence-corrected chi connectivity index (χ3v) is 5.65. The molecule has 0 bridgehead atoms. The number of aryl methyl sites for hydroxylation is 1. The summed E-state index contributed by atoms with van der Waals surface area (Å²) in [5.74, 6) is -0.0401. The average Bonchev–Trinajstić information content (AvgIpc) is 2.87. The van der Waals surface area contributed by atoms with Crippen LogP contribution in [0, 0.1) is 6.92 Å². The lowest BCUT2D eigenvalue weighted by atomic mass is 10.2. The molecule has 1 saturated heterocycles. The first-order valence-electron chi connectivity index (χ1n) is 9.55. The van der Waals surface area contributed by atoms with Crippen LogP contribution in [0.25, 0.3) is 6.08 Å². The normalized spacial score (nSPS) is 15.0. The summed E-state index contributed by atoms with van der Waals surface area (Å²) >= 11 is 12.4. The van der Waals surface area contributed by atoms with Crippen LogP contribution in [-0.4, -0.2) is 57.6 Å². The van der Waals surface area contributed by atoms with Gasteiger partial charge in [0, 0.05) is 49.8 Å². The van der Waals surface area contributed by atoms with Crippen molar-refractivity contribution in [3.05, 3.63) is 57.3 Å². The molecule has 0 aliphatic carbocycles. The summed E-state index contributed by atoms with van der Waals surface area (Å²) in [5, 5.41) is 5.66. The van der Waals surface area contributed by atoms with Gasteiger partial charge in [-0.2, -0.15) is 5.10 Å². The van der Waals surface area contributed by atoms with Crippen LogP contribution in [0.5, 0.6) is 0 Å². The number of benzene rings is 1. The fraction of sp³-hybridized carbons (Fsp3) is 0.381. The molecule has 0 unspecified atom stereocenters. The molecule has 1 aliphatic rings. The maximum absolute atomic E-state index is 12.6. The second-order valence-corrected chi connectivity index (χ2v) is 7.89. The van der Waals surface area contributed by atoms with Crippen LogP contribution >= 0.6 is 23.2 Å². The Morgan fingerprint density at radius 2 is 1.72 bits per heavy atom. The molecule has 29 heavy (non-hydrogen) atoms. The summed E-state index contributed by atoms with van der Waals surface area (Å²) in [7, 11) is 0. The molecular weight excluding hydrogens is 411 g/mol. The maximum atomic E-state index is 12.6. The fourth-order valence-electron chi connectivity index (χ4n) is 3.34. The number of amides is 2. The van der Waals surface area contributed by atoms with E-state index in [1.54, 1.807) is 27.5 Å². The summed E-state index contributed by atoms with van der Waals surface area (Å²) in [6, 6.07) is 7.51. The van der Waals surface area contributed by atoms with Crippen LogP contribution in [0.2, 0.25) is 10.2 Å². The molecule has 1 aromatic carbocycles. The van der Waals surface area contributed by atoms with Crippen LogP contribution in [0.3, 0.4) is 0 Å². The van der Waals surface area contributed by atoms with Crippen molar-refractivity contribution in [3.63, 3.8) is 0 Å². The predicted octanol–water partition coefficient (Wildman–Crippen LogP) is 3.64. The lowest BCUT2D eigenvalue weighted by Crippen LogP contribution is -2.35. The molecule has 154 valence electrons. The third kappa shape index (κ3) is 5.40. The zero-order valence-corrected chi connectivity index (χ0v) is 18.1. The summed E-state index contributed by atoms with van der Waals surface area (Å²) in [4.78, 5) is 27.7. The molecule has 0 N–H and O–H groups in total. The van der Waals surface area contributed by atoms with Crippen molar-refractivity contribution in [2.24, 2.45) is 0 Å². The van der Waals surface area contributed by atoms with Crippen molar-refractivity contribution < 1.29 is 9.59 Å². The Kier molecular flexibility index (Phi) is 6.98. The van der Waals surface area contributed by atoms with Gasteiger partial charge in [-0.25, -0.2) is 4.68 Å². The highest BCUT2D eigenvalue weighted by Crippen LogP contribution is 2.23. The Bertz CT molecular complexity index is 922. The minimum atomic E-state index is -0.0867. The van der Waals surface area contributed by atoms with Crippen molar-refractivity contribution in [2.45, 2.75) is 26.8 Å². The lowest BCUT2D eigenvalue weighted by Gasteiger charge is -2.20. The first kappa shape index (κ1) is 21.4. The predicted molar refractivity (Wildman–Crippen MR) is 115 cm³/mol. The van der Waals surface area contributed by atoms with Gasteiger partial charge >= 0.3 is 0 Å². The van der Waals surface area contributed by atoms with Crippen LogP contribution in [0.15, 0.2) is 30.3 Å². The van der Waals surface area contributed by atoms with Crippen LogP contribution < -0.4 is 0 Å². The van der Waals surface area contributed by atoms with E-state index in [0.717, 1.165) is 23.2 Å². The zero-order chi connectivity index (χ0) is 21.0. The smallest absolute Gasteiger partial charge is 0.246 e. The molecule has 0 saturated carbocycles. The van der Waals surface area contributed by atoms with E-state index >= 15 is 0 Å². The molecule has 1 aliphatic heterocycles. The van der Waals surface area contributed by atoms with Crippen LogP contribution in [0.4, 0.5) is 0 Å². The van der Waals surface area contributed by atoms with Crippen molar-refractivity contribution >= 4 is 41.1 Å². The maximum Gasteiger partial charge on any atom is 0.246 e. The van der Waals surface area contributed by atoms with Gasteiger partial charge < -0.3 is 9.80 Å². The SMILES string of the molecule is CC(=O)N1CCCN(C(=O)/C=C/c2c(C)nn(Cc3ccc(Cl)cc3)c2Cl)CC1. The van der Waals surface area contributed by atoms with Gasteiger partial charge in [0.25, 0.3) is 0 Å². The molecule has 3 rings (SSSR count). The summed E-state index contributed by atoms with van der Waals surface area (Å²) < 4.78 is 1.71. The highest BCUT2D eigenvalue weighted by molar-refractivity contribution is 6.31. The molecule has 1 fully saturated rings. The molecule has 6 nitrogen and oxygen atoms in total. The molecule has 2 aromatic rings. The van der Waals surface area contributed by atoms with Gasteiger partial charge in [0.2, 0.25) is 11.8 Å². The quantitative estimate of drug-likeness (QED) is 0.690. The molecule has 0 atom stereocenters. The highest BCUT2D eigenvalue weighted by atomic mass is 35.5. The van der Waals surface area contributed by atoms with Crippen LogP contribution in [0.1, 0.15) is 30.2 Å². The summed E-state index contributed by atoms with van der Waals surface area (Å²) in [6.07, 6.45) is 4.03. The lowest BCUT2D eigenvalue weighted by molar-refractivity contribution is -0.130. The number of halogens is 2. The Hall–Kier alpha value is -2.31. The third-order valence-electron chi connectivity index (χ3n) is 5.00. The van der Waals surface area contributed by atoms with Gasteiger partial charge in [-0.05, 0) is 37.1 Å². The van der Waals surface area contributed by atoms with Gasteiger partial charge in [-0.15, -0.1) is 0 Å². The zero-order valence-electron chi connectivity index (χ0n) is 16.6. The van der Waals surface area contributed by atoms with Crippen LogP contribution in [-0.2, 0) is 16.1 Å². The average molecular weight is 435 g/mol. The van der Waals surface area contributed by atoms with Crippen molar-refractivity contribution in [2.75, 3.05) is 26.2 Å². The number of hydrogen-bond acceptors (Lipinski definition) is 3. The number of carbonyl (C=O) groups is 2. The molecule has 2 heterocycles. The number of aromatic nitrogens is 2. The first-order valence-corrected chi connectivity index (χ1v) is 10.3. The van der Waals surface area contributed by atoms with Crippen molar-refractivity contribution in [1.82, 2.24) is 19.6 Å². The van der Waals surface area contributed by atoms with E-state index in [0.29, 0.717) is 42.9 Å². The van der Waals surface area contributed by atoms with E-state index in [-0.39, 0.29) is 11.8 Å². The van der Waals surface area contributed by atoms with Gasteiger partial charge in [0.1, 0.15) is 5.15 Å². The van der Waals surface area contributed by atoms with E-state index in [9.17, 15) is 9.59 Å². The van der Waals surface area contributed by atoms with Gasteiger partial charge in [-0.3, -0.25) is 9.59 Å². The second kappa shape index (κ2) is 9.46. The topological polar surface area (TPSA) is 58.4 Å². The minimum Gasteiger partial charge on any atom is -0.341 e.